The summed E-state index contributed by atoms with van der Waals surface area (Å²) in [6.07, 6.45) is 59.9. The third-order valence-corrected chi connectivity index (χ3v) is 35.6. The third kappa shape index (κ3) is 34.5. The van der Waals surface area contributed by atoms with Crippen molar-refractivity contribution in [2.45, 2.75) is 603 Å². The molecule has 10 saturated carbocycles. The van der Waals surface area contributed by atoms with E-state index in [9.17, 15) is 33.6 Å². The van der Waals surface area contributed by atoms with E-state index in [2.05, 4.69) is 96.9 Å². The lowest BCUT2D eigenvalue weighted by Crippen LogP contribution is -2.49. The summed E-state index contributed by atoms with van der Waals surface area (Å²) in [7, 11) is 0. The molecule has 0 spiro atoms. The first-order valence-electron chi connectivity index (χ1n) is 52.9. The lowest BCUT2D eigenvalue weighted by molar-refractivity contribution is -0.187. The Bertz CT molecular complexity index is 3210. The monoisotopic (exact) mass is 1810 g/mol. The number of hydrogen-bond acceptors (Lipinski definition) is 14. The number of carbonyl (C=O) groups excluding carboxylic acids is 7. The van der Waals surface area contributed by atoms with E-state index in [1.807, 2.05) is 125 Å². The predicted molar refractivity (Wildman–Crippen MR) is 535 cm³/mol. The highest BCUT2D eigenvalue weighted by molar-refractivity contribution is 5.79. The SMILES string of the molecule is C.C.CCC(C)(C)C(=O)OC(C)(C)C1CCCCC1.CCC(C)(C)C(=O)OC(C)(C1CCCCC1)C1CCCCC1.CCC(C)(C)C(=O)OC1(C)CC2CCC1(C)C2(C)C.CCC(C)(C)C(=O)OC1(C)CC2CCC1C2.CCC(C)(C)C(=O)OC1(C)CCCCCC1.CCC(C)(C)C(=O)OC1(C)CCCCCCC1.CCC(C)(C)C(=O)OC1(C)CCCCCCCCC1. The molecule has 0 aromatic rings. The Hall–Kier alpha value is -3.71. The maximum absolute atomic E-state index is 12.8. The summed E-state index contributed by atoms with van der Waals surface area (Å²) in [6.45, 7) is 66.2. The fourth-order valence-corrected chi connectivity index (χ4v) is 21.1. The van der Waals surface area contributed by atoms with E-state index in [-0.39, 0.29) is 145 Å². The summed E-state index contributed by atoms with van der Waals surface area (Å²) in [5.74, 6) is 3.67. The van der Waals surface area contributed by atoms with Crippen molar-refractivity contribution in [2.75, 3.05) is 0 Å². The van der Waals surface area contributed by atoms with Crippen LogP contribution in [0.2, 0.25) is 0 Å². The summed E-state index contributed by atoms with van der Waals surface area (Å²) in [5.41, 5.74) is -3.69. The van der Waals surface area contributed by atoms with Gasteiger partial charge in [-0.1, -0.05) is 206 Å². The number of fused-ring (bicyclic) bond motifs is 4. The third-order valence-electron chi connectivity index (χ3n) is 35.6. The van der Waals surface area contributed by atoms with Gasteiger partial charge in [-0.05, 0) is 399 Å². The van der Waals surface area contributed by atoms with E-state index in [0.29, 0.717) is 29.6 Å². The maximum atomic E-state index is 12.8. The van der Waals surface area contributed by atoms with Crippen molar-refractivity contribution < 1.29 is 66.7 Å². The minimum absolute atomic E-state index is 0. The van der Waals surface area contributed by atoms with E-state index >= 15 is 0 Å². The van der Waals surface area contributed by atoms with Crippen molar-refractivity contribution in [3.63, 3.8) is 0 Å². The fourth-order valence-electron chi connectivity index (χ4n) is 21.1. The van der Waals surface area contributed by atoms with E-state index in [4.69, 9.17) is 33.2 Å². The van der Waals surface area contributed by atoms with E-state index in [1.165, 1.54) is 231 Å². The van der Waals surface area contributed by atoms with Gasteiger partial charge < -0.3 is 33.2 Å². The number of esters is 7. The number of ether oxygens (including phenoxy) is 7. The van der Waals surface area contributed by atoms with Gasteiger partial charge in [-0.2, -0.15) is 0 Å². The number of hydrogen-bond donors (Lipinski definition) is 0. The highest BCUT2D eigenvalue weighted by Gasteiger charge is 2.69. The van der Waals surface area contributed by atoms with Crippen LogP contribution in [0.15, 0.2) is 0 Å². The lowest BCUT2D eigenvalue weighted by atomic mass is 9.65. The molecule has 14 nitrogen and oxygen atoms in total. The molecular formula is C114H212O14. The van der Waals surface area contributed by atoms with Gasteiger partial charge in [0.2, 0.25) is 0 Å². The van der Waals surface area contributed by atoms with Gasteiger partial charge in [-0.25, -0.2) is 0 Å². The smallest absolute Gasteiger partial charge is 0.312 e. The van der Waals surface area contributed by atoms with Crippen LogP contribution in [0.5, 0.6) is 0 Å². The van der Waals surface area contributed by atoms with Gasteiger partial charge in [-0.3, -0.25) is 33.6 Å². The summed E-state index contributed by atoms with van der Waals surface area (Å²) >= 11 is 0. The average molecular weight is 1810 g/mol. The zero-order valence-corrected chi connectivity index (χ0v) is 88.7. The van der Waals surface area contributed by atoms with Gasteiger partial charge in [0.1, 0.15) is 39.2 Å². The van der Waals surface area contributed by atoms with Gasteiger partial charge in [-0.15, -0.1) is 0 Å². The van der Waals surface area contributed by atoms with Crippen LogP contribution in [-0.2, 0) is 66.7 Å². The summed E-state index contributed by atoms with van der Waals surface area (Å²) in [6, 6.07) is 0. The molecule has 0 N–H and O–H groups in total. The van der Waals surface area contributed by atoms with Crippen LogP contribution in [-0.4, -0.2) is 81.0 Å². The number of rotatable bonds is 24. The Morgan fingerprint density at radius 1 is 0.266 bits per heavy atom. The zero-order chi connectivity index (χ0) is 95.5. The Labute approximate surface area is 791 Å². The van der Waals surface area contributed by atoms with Crippen LogP contribution in [0.3, 0.4) is 0 Å². The van der Waals surface area contributed by atoms with Crippen molar-refractivity contribution in [3.05, 3.63) is 0 Å². The fraction of sp³-hybridized carbons (Fsp3) is 0.939. The minimum Gasteiger partial charge on any atom is -0.459 e. The Morgan fingerprint density at radius 2 is 0.523 bits per heavy atom. The van der Waals surface area contributed by atoms with Crippen LogP contribution < -0.4 is 0 Å². The Morgan fingerprint density at radius 3 is 0.781 bits per heavy atom. The standard InChI is InChI=1S/C20H36O2.C17H30O2.C17H32O2.2C15H28O2.C14H24O2.C14H26O2.2CH4/c1-5-19(2,3)18(21)22-20(4,16-12-8-6-9-13-16)17-14-10-7-11-15-17;1-8-14(2,3)13(18)19-17(7)11-12-9-10-16(17,6)15(12,4)5;1-5-16(2,3)15(18)19-17(4)13-11-9-7-6-8-10-12-14-17;1-6-14(2,3)13(16)17-15(4,5)12-10-8-7-9-11-12;1-5-14(2,3)13(16)17-15(4)11-9-7-6-8-10-12-15;1-5-13(2,3)12(15)16-14(4)9-10-6-7-11(14)8-10;1-5-13(2,3)12(15)16-14(4)10-8-6-7-9-11-14;;/h16-17H,5-15H2,1-4H3;12H,8-11H2,1-7H3;5-14H2,1-4H3;12H,6-11H2,1-5H3;5-12H2,1-4H3;10-11H,5-9H2,1-4H3;5-11H2,1-4H3;2*1H4. The molecule has 0 radical (unpaired) electrons. The molecule has 10 fully saturated rings. The van der Waals surface area contributed by atoms with Gasteiger partial charge in [0, 0.05) is 5.41 Å². The molecule has 4 bridgehead atoms. The van der Waals surface area contributed by atoms with Crippen molar-refractivity contribution in [2.24, 2.45) is 84.2 Å². The maximum Gasteiger partial charge on any atom is 0.312 e. The zero-order valence-electron chi connectivity index (χ0n) is 88.7. The molecule has 10 aliphatic carbocycles. The predicted octanol–water partition coefficient (Wildman–Crippen LogP) is 33.4. The summed E-state index contributed by atoms with van der Waals surface area (Å²) in [5, 5.41) is 0. The molecule has 0 saturated heterocycles. The molecule has 752 valence electrons. The molecule has 0 aromatic heterocycles. The highest BCUT2D eigenvalue weighted by Crippen LogP contribution is 2.71. The molecule has 0 aromatic carbocycles. The largest absolute Gasteiger partial charge is 0.459 e. The van der Waals surface area contributed by atoms with E-state index in [0.717, 1.165) is 102 Å². The second-order valence-electron chi connectivity index (χ2n) is 49.3. The van der Waals surface area contributed by atoms with Crippen molar-refractivity contribution in [3.8, 4) is 0 Å². The molecule has 10 rings (SSSR count). The Balaban J connectivity index is 0.000000506. The molecule has 6 unspecified atom stereocenters. The quantitative estimate of drug-likeness (QED) is 0.0505. The second-order valence-corrected chi connectivity index (χ2v) is 49.3. The van der Waals surface area contributed by atoms with Gasteiger partial charge in [0.05, 0.1) is 37.9 Å². The molecule has 0 heterocycles. The highest BCUT2D eigenvalue weighted by atomic mass is 16.6. The van der Waals surface area contributed by atoms with E-state index < -0.39 is 0 Å². The summed E-state index contributed by atoms with van der Waals surface area (Å²) < 4.78 is 41.6. The first-order chi connectivity index (χ1) is 58.3. The molecule has 128 heavy (non-hydrogen) atoms. The second kappa shape index (κ2) is 51.5. The van der Waals surface area contributed by atoms with Gasteiger partial charge in [0.15, 0.2) is 0 Å². The molecule has 6 atom stereocenters. The van der Waals surface area contributed by atoms with Crippen LogP contribution >= 0.6 is 0 Å². The molecule has 14 heteroatoms. The van der Waals surface area contributed by atoms with Gasteiger partial charge in [0.25, 0.3) is 0 Å². The summed E-state index contributed by atoms with van der Waals surface area (Å²) in [4.78, 5) is 86.0. The Kier molecular flexibility index (Phi) is 48.4. The molecule has 0 aliphatic heterocycles. The molecular weight excluding hydrogens is 1590 g/mol. The lowest BCUT2D eigenvalue weighted by Gasteiger charge is -2.47. The normalized spacial score (nSPS) is 25.9. The van der Waals surface area contributed by atoms with Gasteiger partial charge >= 0.3 is 41.8 Å². The first-order valence-corrected chi connectivity index (χ1v) is 52.9. The van der Waals surface area contributed by atoms with Crippen molar-refractivity contribution in [1.29, 1.82) is 0 Å². The molecule has 0 amide bonds. The van der Waals surface area contributed by atoms with Crippen LogP contribution in [0.25, 0.3) is 0 Å². The topological polar surface area (TPSA) is 184 Å². The van der Waals surface area contributed by atoms with E-state index in [1.54, 1.807) is 0 Å². The minimum atomic E-state index is -0.370. The van der Waals surface area contributed by atoms with Crippen LogP contribution in [0.1, 0.15) is 564 Å². The van der Waals surface area contributed by atoms with Crippen LogP contribution in [0, 0.1) is 84.2 Å². The number of carbonyl (C=O) groups is 7. The average Bonchev–Trinajstić information content (AvgIpc) is 1.53. The van der Waals surface area contributed by atoms with Crippen LogP contribution in [0.4, 0.5) is 0 Å². The first kappa shape index (κ1) is 120. The van der Waals surface area contributed by atoms with Crippen molar-refractivity contribution in [1.82, 2.24) is 0 Å². The molecule has 10 aliphatic rings. The van der Waals surface area contributed by atoms with Crippen molar-refractivity contribution >= 4 is 41.8 Å².